The summed E-state index contributed by atoms with van der Waals surface area (Å²) < 4.78 is 6.90. The average molecular weight is 354 g/mol. The van der Waals surface area contributed by atoms with Crippen molar-refractivity contribution in [3.63, 3.8) is 0 Å². The van der Waals surface area contributed by atoms with Crippen LogP contribution >= 0.6 is 0 Å². The predicted molar refractivity (Wildman–Crippen MR) is 92.6 cm³/mol. The smallest absolute Gasteiger partial charge is 0.271 e. The van der Waals surface area contributed by atoms with Gasteiger partial charge in [-0.1, -0.05) is 0 Å². The number of rotatable bonds is 3. The summed E-state index contributed by atoms with van der Waals surface area (Å²) in [5.74, 6) is -0.371. The van der Waals surface area contributed by atoms with E-state index in [1.54, 1.807) is 23.1 Å². The molecular weight excluding hydrogens is 336 g/mol. The van der Waals surface area contributed by atoms with Crippen LogP contribution in [0.1, 0.15) is 27.9 Å². The van der Waals surface area contributed by atoms with Crippen LogP contribution in [-0.2, 0) is 0 Å². The highest BCUT2D eigenvalue weighted by molar-refractivity contribution is 5.99. The number of carbonyl (C=O) groups is 2. The minimum atomic E-state index is -0.703. The maximum absolute atomic E-state index is 13.1. The number of hydrogen-bond acceptors (Lipinski definition) is 6. The van der Waals surface area contributed by atoms with E-state index in [0.29, 0.717) is 30.2 Å². The fourth-order valence-corrected chi connectivity index (χ4v) is 3.14. The van der Waals surface area contributed by atoms with Crippen LogP contribution in [0.25, 0.3) is 17.1 Å². The van der Waals surface area contributed by atoms with E-state index < -0.39 is 5.91 Å². The van der Waals surface area contributed by atoms with Gasteiger partial charge >= 0.3 is 0 Å². The highest BCUT2D eigenvalue weighted by Gasteiger charge is 2.26. The van der Waals surface area contributed by atoms with Crippen LogP contribution in [0.5, 0.6) is 0 Å². The zero-order valence-electron chi connectivity index (χ0n) is 14.2. The number of hydrogen-bond donors (Lipinski definition) is 2. The van der Waals surface area contributed by atoms with Crippen molar-refractivity contribution in [2.75, 3.05) is 19.6 Å². The quantitative estimate of drug-likeness (QED) is 0.708. The molecule has 3 aromatic heterocycles. The van der Waals surface area contributed by atoms with Gasteiger partial charge in [0.15, 0.2) is 17.1 Å². The molecule has 1 aliphatic heterocycles. The van der Waals surface area contributed by atoms with Crippen LogP contribution in [0.3, 0.4) is 0 Å². The molecule has 1 saturated heterocycles. The average Bonchev–Trinajstić information content (AvgIpc) is 3.29. The summed E-state index contributed by atoms with van der Waals surface area (Å²) in [4.78, 5) is 35.0. The molecule has 0 bridgehead atoms. The molecule has 0 aliphatic carbocycles. The first-order valence-corrected chi connectivity index (χ1v) is 8.29. The Morgan fingerprint density at radius 3 is 2.96 bits per heavy atom. The van der Waals surface area contributed by atoms with Crippen LogP contribution in [-0.4, -0.2) is 56.8 Å². The predicted octanol–water partition coefficient (Wildman–Crippen LogP) is 0.522. The minimum Gasteiger partial charge on any atom is -0.463 e. The molecule has 4 rings (SSSR count). The van der Waals surface area contributed by atoms with Crippen molar-refractivity contribution in [2.45, 2.75) is 13.0 Å². The number of furan rings is 1. The molecule has 3 aromatic rings. The number of imidazole rings is 1. The van der Waals surface area contributed by atoms with Gasteiger partial charge in [-0.3, -0.25) is 14.0 Å². The van der Waals surface area contributed by atoms with E-state index in [1.165, 1.54) is 17.0 Å². The monoisotopic (exact) mass is 354 g/mol. The van der Waals surface area contributed by atoms with Crippen LogP contribution < -0.4 is 11.1 Å². The molecule has 0 radical (unpaired) electrons. The van der Waals surface area contributed by atoms with E-state index in [0.717, 1.165) is 6.54 Å². The first-order valence-electron chi connectivity index (χ1n) is 8.29. The number of nitrogens with two attached hydrogens (primary N) is 1. The Bertz CT molecular complexity index is 978. The van der Waals surface area contributed by atoms with E-state index in [2.05, 4.69) is 15.3 Å². The third-order valence-electron chi connectivity index (χ3n) is 4.38. The number of carbonyl (C=O) groups excluding carboxylic acids is 2. The largest absolute Gasteiger partial charge is 0.463 e. The Morgan fingerprint density at radius 1 is 1.42 bits per heavy atom. The summed E-state index contributed by atoms with van der Waals surface area (Å²) >= 11 is 0. The van der Waals surface area contributed by atoms with Crippen molar-refractivity contribution in [3.05, 3.63) is 42.2 Å². The molecule has 1 aliphatic rings. The molecule has 4 heterocycles. The Balaban J connectivity index is 1.87. The first-order chi connectivity index (χ1) is 12.5. The molecule has 9 nitrogen and oxygen atoms in total. The van der Waals surface area contributed by atoms with Gasteiger partial charge in [-0.2, -0.15) is 0 Å². The number of amides is 2. The van der Waals surface area contributed by atoms with Gasteiger partial charge in [0.05, 0.1) is 6.26 Å². The van der Waals surface area contributed by atoms with Crippen LogP contribution in [0.4, 0.5) is 0 Å². The number of nitrogens with one attached hydrogen (secondary N) is 1. The second kappa shape index (κ2) is 6.26. The van der Waals surface area contributed by atoms with Gasteiger partial charge in [0, 0.05) is 25.7 Å². The van der Waals surface area contributed by atoms with Gasteiger partial charge in [-0.05, 0) is 25.1 Å². The summed E-state index contributed by atoms with van der Waals surface area (Å²) in [5.41, 5.74) is 6.45. The minimum absolute atomic E-state index is 0.0149. The third kappa shape index (κ3) is 2.72. The lowest BCUT2D eigenvalue weighted by molar-refractivity contribution is 0.0701. The van der Waals surface area contributed by atoms with Crippen molar-refractivity contribution < 1.29 is 14.0 Å². The second-order valence-corrected chi connectivity index (χ2v) is 6.26. The molecule has 26 heavy (non-hydrogen) atoms. The second-order valence-electron chi connectivity index (χ2n) is 6.26. The van der Waals surface area contributed by atoms with Gasteiger partial charge < -0.3 is 20.4 Å². The molecule has 0 saturated carbocycles. The van der Waals surface area contributed by atoms with E-state index in [9.17, 15) is 9.59 Å². The normalized spacial score (nSPS) is 17.6. The molecule has 1 fully saturated rings. The lowest BCUT2D eigenvalue weighted by Gasteiger charge is -2.32. The maximum atomic E-state index is 13.1. The summed E-state index contributed by atoms with van der Waals surface area (Å²) in [6.45, 7) is 3.94. The SMILES string of the molecule is CC1CN(C(=O)c2cc(-c3ccco3)nc3c(C(N)=O)ncn23)CCN1. The molecule has 0 aromatic carbocycles. The highest BCUT2D eigenvalue weighted by atomic mass is 16.3. The summed E-state index contributed by atoms with van der Waals surface area (Å²) in [6, 6.07) is 5.32. The summed E-state index contributed by atoms with van der Waals surface area (Å²) in [5, 5.41) is 3.31. The summed E-state index contributed by atoms with van der Waals surface area (Å²) in [7, 11) is 0. The molecule has 9 heteroatoms. The van der Waals surface area contributed by atoms with Crippen molar-refractivity contribution in [2.24, 2.45) is 5.73 Å². The Morgan fingerprint density at radius 2 is 2.27 bits per heavy atom. The van der Waals surface area contributed by atoms with Gasteiger partial charge in [0.2, 0.25) is 0 Å². The van der Waals surface area contributed by atoms with Gasteiger partial charge in [0.25, 0.3) is 11.8 Å². The number of primary amides is 1. The molecule has 1 unspecified atom stereocenters. The van der Waals surface area contributed by atoms with Crippen molar-refractivity contribution in [1.29, 1.82) is 0 Å². The van der Waals surface area contributed by atoms with Gasteiger partial charge in [-0.15, -0.1) is 0 Å². The summed E-state index contributed by atoms with van der Waals surface area (Å²) in [6.07, 6.45) is 2.92. The number of nitrogens with zero attached hydrogens (tertiary/aromatic N) is 4. The van der Waals surface area contributed by atoms with Gasteiger partial charge in [0.1, 0.15) is 17.7 Å². The van der Waals surface area contributed by atoms with Crippen LogP contribution in [0.2, 0.25) is 0 Å². The topological polar surface area (TPSA) is 119 Å². The molecule has 3 N–H and O–H groups in total. The van der Waals surface area contributed by atoms with Crippen LogP contribution in [0, 0.1) is 0 Å². The van der Waals surface area contributed by atoms with Crippen molar-refractivity contribution in [3.8, 4) is 11.5 Å². The molecular formula is C17H18N6O3. The Hall–Kier alpha value is -3.20. The zero-order chi connectivity index (χ0) is 18.3. The van der Waals surface area contributed by atoms with Crippen LogP contribution in [0.15, 0.2) is 35.2 Å². The lowest BCUT2D eigenvalue weighted by Crippen LogP contribution is -2.51. The fourth-order valence-electron chi connectivity index (χ4n) is 3.14. The molecule has 0 spiro atoms. The standard InChI is InChI=1S/C17H18N6O3/c1-10-8-22(5-4-19-10)17(25)12-7-11(13-3-2-6-26-13)21-16-14(15(18)24)20-9-23(12)16/h2-3,6-7,9-10,19H,4-5,8H2,1H3,(H2,18,24). The van der Waals surface area contributed by atoms with Crippen molar-refractivity contribution in [1.82, 2.24) is 24.6 Å². The maximum Gasteiger partial charge on any atom is 0.271 e. The Labute approximate surface area is 148 Å². The highest BCUT2D eigenvalue weighted by Crippen LogP contribution is 2.23. The number of aromatic nitrogens is 3. The Kier molecular flexibility index (Phi) is 3.92. The molecule has 134 valence electrons. The van der Waals surface area contributed by atoms with E-state index in [1.807, 2.05) is 6.92 Å². The zero-order valence-corrected chi connectivity index (χ0v) is 14.2. The lowest BCUT2D eigenvalue weighted by atomic mass is 10.2. The number of fused-ring (bicyclic) bond motifs is 1. The van der Waals surface area contributed by atoms with E-state index >= 15 is 0 Å². The molecule has 2 amide bonds. The third-order valence-corrected chi connectivity index (χ3v) is 4.38. The van der Waals surface area contributed by atoms with Crippen molar-refractivity contribution >= 4 is 17.5 Å². The van der Waals surface area contributed by atoms with E-state index in [-0.39, 0.29) is 23.3 Å². The van der Waals surface area contributed by atoms with Gasteiger partial charge in [-0.25, -0.2) is 9.97 Å². The van der Waals surface area contributed by atoms with E-state index in [4.69, 9.17) is 10.2 Å². The molecule has 1 atom stereocenters. The first kappa shape index (κ1) is 16.3. The number of piperazine rings is 1. The fraction of sp³-hybridized carbons (Fsp3) is 0.294.